The standard InChI is InChI=1S/C21H25O4P/c1-3-20(26(24,25)15-17-10-6-4-7-11-17)19(14-16(2)21(22)23)18-12-8-5-9-13-18/h4-13,16H,3,14-15H2,1-2H3,(H,22,23)(H,24,25). The van der Waals surface area contributed by atoms with Crippen LogP contribution in [0, 0.1) is 5.92 Å². The monoisotopic (exact) mass is 372 g/mol. The van der Waals surface area contributed by atoms with Crippen molar-refractivity contribution in [2.75, 3.05) is 0 Å². The summed E-state index contributed by atoms with van der Waals surface area (Å²) in [5.41, 5.74) is 2.27. The molecule has 0 aliphatic rings. The number of aliphatic carboxylic acids is 1. The number of hydrogen-bond acceptors (Lipinski definition) is 2. The molecule has 2 atom stereocenters. The molecule has 0 spiro atoms. The van der Waals surface area contributed by atoms with Crippen LogP contribution in [-0.2, 0) is 15.5 Å². The molecule has 138 valence electrons. The van der Waals surface area contributed by atoms with Gasteiger partial charge in [0.1, 0.15) is 0 Å². The maximum Gasteiger partial charge on any atom is 0.306 e. The minimum Gasteiger partial charge on any atom is -0.481 e. The van der Waals surface area contributed by atoms with E-state index in [2.05, 4.69) is 0 Å². The molecule has 4 nitrogen and oxygen atoms in total. The fourth-order valence-electron chi connectivity index (χ4n) is 3.03. The van der Waals surface area contributed by atoms with E-state index in [9.17, 15) is 19.4 Å². The van der Waals surface area contributed by atoms with Crippen molar-refractivity contribution in [1.82, 2.24) is 0 Å². The van der Waals surface area contributed by atoms with Crippen molar-refractivity contribution in [3.05, 3.63) is 77.1 Å². The predicted molar refractivity (Wildman–Crippen MR) is 105 cm³/mol. The van der Waals surface area contributed by atoms with E-state index in [1.807, 2.05) is 67.6 Å². The summed E-state index contributed by atoms with van der Waals surface area (Å²) >= 11 is 0. The molecule has 0 aromatic heterocycles. The number of allylic oxidation sites excluding steroid dienone is 2. The summed E-state index contributed by atoms with van der Waals surface area (Å²) in [6, 6.07) is 18.5. The van der Waals surface area contributed by atoms with Crippen LogP contribution in [0.5, 0.6) is 0 Å². The van der Waals surface area contributed by atoms with E-state index in [0.29, 0.717) is 17.3 Å². The predicted octanol–water partition coefficient (Wildman–Crippen LogP) is 5.39. The zero-order valence-corrected chi connectivity index (χ0v) is 16.0. The highest BCUT2D eigenvalue weighted by Gasteiger charge is 2.28. The van der Waals surface area contributed by atoms with Crippen LogP contribution < -0.4 is 0 Å². The number of carboxylic acids is 1. The lowest BCUT2D eigenvalue weighted by atomic mass is 9.94. The second kappa shape index (κ2) is 8.98. The van der Waals surface area contributed by atoms with Crippen LogP contribution in [0.25, 0.3) is 5.57 Å². The molecule has 0 bridgehead atoms. The van der Waals surface area contributed by atoms with Crippen LogP contribution in [0.15, 0.2) is 66.0 Å². The van der Waals surface area contributed by atoms with Gasteiger partial charge in [-0.25, -0.2) is 0 Å². The molecule has 0 saturated heterocycles. The summed E-state index contributed by atoms with van der Waals surface area (Å²) in [6.07, 6.45) is 0.674. The van der Waals surface area contributed by atoms with Crippen molar-refractivity contribution in [3.8, 4) is 0 Å². The van der Waals surface area contributed by atoms with Gasteiger partial charge in [-0.05, 0) is 29.5 Å². The van der Waals surface area contributed by atoms with Crippen molar-refractivity contribution in [1.29, 1.82) is 0 Å². The Morgan fingerprint density at radius 3 is 2.08 bits per heavy atom. The lowest BCUT2D eigenvalue weighted by molar-refractivity contribution is -0.140. The van der Waals surface area contributed by atoms with Gasteiger partial charge in [0.25, 0.3) is 0 Å². The van der Waals surface area contributed by atoms with Crippen LogP contribution in [-0.4, -0.2) is 16.0 Å². The molecular formula is C21H25O4P. The molecule has 2 rings (SSSR count). The first-order chi connectivity index (χ1) is 12.3. The molecular weight excluding hydrogens is 347 g/mol. The highest BCUT2D eigenvalue weighted by atomic mass is 31.2. The Labute approximate surface area is 154 Å². The Kier molecular flexibility index (Phi) is 6.96. The highest BCUT2D eigenvalue weighted by molar-refractivity contribution is 7.61. The van der Waals surface area contributed by atoms with Crippen molar-refractivity contribution in [2.24, 2.45) is 5.92 Å². The molecule has 2 N–H and O–H groups in total. The van der Waals surface area contributed by atoms with Gasteiger partial charge in [0.2, 0.25) is 7.37 Å². The number of carbonyl (C=O) groups is 1. The van der Waals surface area contributed by atoms with Gasteiger partial charge in [-0.2, -0.15) is 0 Å². The van der Waals surface area contributed by atoms with E-state index in [1.54, 1.807) is 6.92 Å². The second-order valence-corrected chi connectivity index (χ2v) is 8.69. The molecule has 0 saturated carbocycles. The molecule has 0 aliphatic heterocycles. The summed E-state index contributed by atoms with van der Waals surface area (Å²) in [6.45, 7) is 3.47. The zero-order chi connectivity index (χ0) is 19.2. The maximum atomic E-state index is 13.2. The van der Waals surface area contributed by atoms with Crippen molar-refractivity contribution in [3.63, 3.8) is 0 Å². The third-order valence-electron chi connectivity index (χ3n) is 4.40. The number of rotatable bonds is 8. The van der Waals surface area contributed by atoms with Crippen molar-refractivity contribution in [2.45, 2.75) is 32.9 Å². The largest absolute Gasteiger partial charge is 0.481 e. The van der Waals surface area contributed by atoms with Crippen LogP contribution in [0.3, 0.4) is 0 Å². The number of benzene rings is 2. The number of carboxylic acid groups (broad SMARTS) is 1. The van der Waals surface area contributed by atoms with Gasteiger partial charge in [-0.1, -0.05) is 74.5 Å². The molecule has 0 heterocycles. The van der Waals surface area contributed by atoms with E-state index in [0.717, 1.165) is 11.1 Å². The van der Waals surface area contributed by atoms with Gasteiger partial charge >= 0.3 is 5.97 Å². The lowest BCUT2D eigenvalue weighted by Crippen LogP contribution is -2.11. The molecule has 0 fully saturated rings. The third-order valence-corrected chi connectivity index (χ3v) is 6.62. The van der Waals surface area contributed by atoms with E-state index < -0.39 is 19.3 Å². The SMILES string of the molecule is CCC(=C(CC(C)C(=O)O)c1ccccc1)P(=O)(O)Cc1ccccc1. The first kappa shape index (κ1) is 20.2. The van der Waals surface area contributed by atoms with Gasteiger partial charge in [-0.15, -0.1) is 0 Å². The first-order valence-corrected chi connectivity index (χ1v) is 10.6. The average molecular weight is 372 g/mol. The topological polar surface area (TPSA) is 74.6 Å². The van der Waals surface area contributed by atoms with E-state index in [4.69, 9.17) is 0 Å². The Morgan fingerprint density at radius 2 is 1.58 bits per heavy atom. The van der Waals surface area contributed by atoms with E-state index in [-0.39, 0.29) is 12.6 Å². The van der Waals surface area contributed by atoms with Crippen LogP contribution >= 0.6 is 7.37 Å². The van der Waals surface area contributed by atoms with Gasteiger partial charge in [0.15, 0.2) is 0 Å². The summed E-state index contributed by atoms with van der Waals surface area (Å²) in [4.78, 5) is 22.2. The van der Waals surface area contributed by atoms with Crippen molar-refractivity contribution >= 4 is 18.9 Å². The smallest absolute Gasteiger partial charge is 0.306 e. The van der Waals surface area contributed by atoms with Crippen LogP contribution in [0.1, 0.15) is 37.8 Å². The Balaban J connectivity index is 2.52. The third kappa shape index (κ3) is 5.17. The molecule has 2 unspecified atom stereocenters. The van der Waals surface area contributed by atoms with Gasteiger partial charge in [0, 0.05) is 5.31 Å². The van der Waals surface area contributed by atoms with Crippen molar-refractivity contribution < 1.29 is 19.4 Å². The summed E-state index contributed by atoms with van der Waals surface area (Å²) in [5.74, 6) is -1.55. The van der Waals surface area contributed by atoms with Gasteiger partial charge in [-0.3, -0.25) is 9.36 Å². The lowest BCUT2D eigenvalue weighted by Gasteiger charge is -2.21. The maximum absolute atomic E-state index is 13.2. The molecule has 5 heteroatoms. The average Bonchev–Trinajstić information content (AvgIpc) is 2.62. The van der Waals surface area contributed by atoms with Gasteiger partial charge < -0.3 is 10.00 Å². The Hall–Kier alpha value is -2.16. The first-order valence-electron chi connectivity index (χ1n) is 8.71. The quantitative estimate of drug-likeness (QED) is 0.609. The minimum atomic E-state index is -3.65. The molecule has 0 radical (unpaired) electrons. The molecule has 0 aliphatic carbocycles. The van der Waals surface area contributed by atoms with E-state index in [1.165, 1.54) is 0 Å². The molecule has 0 amide bonds. The fraction of sp³-hybridized carbons (Fsp3) is 0.286. The van der Waals surface area contributed by atoms with Gasteiger partial charge in [0.05, 0.1) is 12.1 Å². The Morgan fingerprint density at radius 1 is 1.04 bits per heavy atom. The summed E-state index contributed by atoms with van der Waals surface area (Å²) in [5, 5.41) is 9.78. The van der Waals surface area contributed by atoms with E-state index >= 15 is 0 Å². The summed E-state index contributed by atoms with van der Waals surface area (Å²) in [7, 11) is -3.65. The fourth-order valence-corrected chi connectivity index (χ4v) is 5.07. The molecule has 26 heavy (non-hydrogen) atoms. The van der Waals surface area contributed by atoms with Crippen LogP contribution in [0.2, 0.25) is 0 Å². The zero-order valence-electron chi connectivity index (χ0n) is 15.1. The normalized spacial score (nSPS) is 15.7. The molecule has 2 aromatic rings. The summed E-state index contributed by atoms with van der Waals surface area (Å²) < 4.78 is 13.2. The molecule has 2 aromatic carbocycles. The minimum absolute atomic E-state index is 0.0504. The number of hydrogen-bond donors (Lipinski definition) is 2. The van der Waals surface area contributed by atoms with Crippen LogP contribution in [0.4, 0.5) is 0 Å². The Bertz CT molecular complexity index is 812. The highest BCUT2D eigenvalue weighted by Crippen LogP contribution is 2.57. The second-order valence-electron chi connectivity index (χ2n) is 6.43.